The lowest BCUT2D eigenvalue weighted by atomic mass is 10.2. The van der Waals surface area contributed by atoms with E-state index >= 15 is 0 Å². The van der Waals surface area contributed by atoms with Crippen molar-refractivity contribution in [3.8, 4) is 0 Å². The third-order valence-electron chi connectivity index (χ3n) is 1.93. The Labute approximate surface area is 70.6 Å². The highest BCUT2D eigenvalue weighted by atomic mass is 32.1. The van der Waals surface area contributed by atoms with Crippen molar-refractivity contribution in [3.63, 3.8) is 0 Å². The molecule has 2 heterocycles. The summed E-state index contributed by atoms with van der Waals surface area (Å²) in [5.74, 6) is 0. The predicted octanol–water partition coefficient (Wildman–Crippen LogP) is 0.982. The molecule has 1 aromatic rings. The van der Waals surface area contributed by atoms with Gasteiger partial charge in [0.1, 0.15) is 0 Å². The van der Waals surface area contributed by atoms with Gasteiger partial charge in [0.25, 0.3) is 0 Å². The van der Waals surface area contributed by atoms with Crippen LogP contribution in [0.5, 0.6) is 0 Å². The summed E-state index contributed by atoms with van der Waals surface area (Å²) < 4.78 is 0. The van der Waals surface area contributed by atoms with Crippen molar-refractivity contribution in [2.45, 2.75) is 6.04 Å². The third kappa shape index (κ3) is 1.61. The third-order valence-corrected chi connectivity index (χ3v) is 2.91. The molecular weight excluding hydrogens is 156 g/mol. The van der Waals surface area contributed by atoms with Gasteiger partial charge in [-0.1, -0.05) is 6.07 Å². The van der Waals surface area contributed by atoms with Crippen LogP contribution in [0.15, 0.2) is 17.5 Å². The van der Waals surface area contributed by atoms with Crippen LogP contribution in [0.3, 0.4) is 0 Å². The van der Waals surface area contributed by atoms with Gasteiger partial charge in [0, 0.05) is 24.5 Å². The molecule has 1 atom stereocenters. The fourth-order valence-corrected chi connectivity index (χ4v) is 2.15. The second-order valence-corrected chi connectivity index (χ2v) is 3.71. The van der Waals surface area contributed by atoms with E-state index in [1.54, 1.807) is 0 Å². The van der Waals surface area contributed by atoms with Gasteiger partial charge in [0.15, 0.2) is 0 Å². The molecule has 0 aromatic carbocycles. The maximum Gasteiger partial charge on any atom is 0.0541 e. The van der Waals surface area contributed by atoms with E-state index in [0.717, 1.165) is 19.6 Å². The zero-order valence-corrected chi connectivity index (χ0v) is 7.16. The maximum atomic E-state index is 3.47. The van der Waals surface area contributed by atoms with E-state index in [-0.39, 0.29) is 0 Å². The fraction of sp³-hybridized carbons (Fsp3) is 0.500. The number of hydrogen-bond acceptors (Lipinski definition) is 3. The Bertz CT molecular complexity index is 202. The predicted molar refractivity (Wildman–Crippen MR) is 47.9 cm³/mol. The average Bonchev–Trinajstić information content (AvgIpc) is 2.58. The Hall–Kier alpha value is -0.380. The van der Waals surface area contributed by atoms with E-state index in [1.807, 2.05) is 11.3 Å². The molecule has 1 aliphatic rings. The van der Waals surface area contributed by atoms with Crippen LogP contribution < -0.4 is 10.6 Å². The molecule has 0 radical (unpaired) electrons. The molecule has 2 N–H and O–H groups in total. The second kappa shape index (κ2) is 3.34. The first-order chi connectivity index (χ1) is 5.47. The SMILES string of the molecule is c1csc([C@@H]2CNCCN2)c1. The van der Waals surface area contributed by atoms with Gasteiger partial charge in [-0.2, -0.15) is 0 Å². The van der Waals surface area contributed by atoms with Gasteiger partial charge in [-0.25, -0.2) is 0 Å². The minimum atomic E-state index is 0.545. The molecule has 1 aliphatic heterocycles. The van der Waals surface area contributed by atoms with Gasteiger partial charge >= 0.3 is 0 Å². The second-order valence-electron chi connectivity index (χ2n) is 2.73. The Morgan fingerprint density at radius 1 is 1.45 bits per heavy atom. The van der Waals surface area contributed by atoms with Crippen LogP contribution in [-0.2, 0) is 0 Å². The van der Waals surface area contributed by atoms with Crippen molar-refractivity contribution in [1.29, 1.82) is 0 Å². The van der Waals surface area contributed by atoms with E-state index < -0.39 is 0 Å². The first-order valence-electron chi connectivity index (χ1n) is 3.94. The lowest BCUT2D eigenvalue weighted by Crippen LogP contribution is -2.42. The topological polar surface area (TPSA) is 24.1 Å². The molecule has 2 rings (SSSR count). The van der Waals surface area contributed by atoms with Gasteiger partial charge < -0.3 is 10.6 Å². The van der Waals surface area contributed by atoms with Crippen molar-refractivity contribution in [3.05, 3.63) is 22.4 Å². The van der Waals surface area contributed by atoms with Crippen molar-refractivity contribution in [2.75, 3.05) is 19.6 Å². The highest BCUT2D eigenvalue weighted by Gasteiger charge is 2.13. The van der Waals surface area contributed by atoms with E-state index in [4.69, 9.17) is 0 Å². The zero-order valence-electron chi connectivity index (χ0n) is 6.34. The summed E-state index contributed by atoms with van der Waals surface area (Å²) in [5.41, 5.74) is 0. The number of rotatable bonds is 1. The standard InChI is InChI=1S/C8H12N2S/c1-2-8(11-5-1)7-6-9-3-4-10-7/h1-2,5,7,9-10H,3-4,6H2/t7-/m0/s1. The minimum Gasteiger partial charge on any atom is -0.314 e. The molecule has 3 heteroatoms. The van der Waals surface area contributed by atoms with Crippen molar-refractivity contribution >= 4 is 11.3 Å². The first-order valence-corrected chi connectivity index (χ1v) is 4.82. The van der Waals surface area contributed by atoms with Crippen LogP contribution in [0.2, 0.25) is 0 Å². The van der Waals surface area contributed by atoms with Crippen molar-refractivity contribution in [1.82, 2.24) is 10.6 Å². The van der Waals surface area contributed by atoms with Gasteiger partial charge in [-0.3, -0.25) is 0 Å². The van der Waals surface area contributed by atoms with Crippen LogP contribution in [0.4, 0.5) is 0 Å². The summed E-state index contributed by atoms with van der Waals surface area (Å²) in [6.45, 7) is 3.25. The normalized spacial score (nSPS) is 25.3. The Balaban J connectivity index is 2.04. The smallest absolute Gasteiger partial charge is 0.0541 e. The summed E-state index contributed by atoms with van der Waals surface area (Å²) in [7, 11) is 0. The summed E-state index contributed by atoms with van der Waals surface area (Å²) in [6.07, 6.45) is 0. The molecule has 0 unspecified atom stereocenters. The zero-order chi connectivity index (χ0) is 7.52. The molecule has 2 nitrogen and oxygen atoms in total. The quantitative estimate of drug-likeness (QED) is 0.653. The first kappa shape index (κ1) is 7.28. The van der Waals surface area contributed by atoms with E-state index in [2.05, 4.69) is 28.1 Å². The minimum absolute atomic E-state index is 0.545. The molecule has 1 saturated heterocycles. The molecule has 0 aliphatic carbocycles. The van der Waals surface area contributed by atoms with Crippen LogP contribution in [0.25, 0.3) is 0 Å². The van der Waals surface area contributed by atoms with Gasteiger partial charge in [-0.15, -0.1) is 11.3 Å². The maximum absolute atomic E-state index is 3.47. The van der Waals surface area contributed by atoms with Gasteiger partial charge in [0.2, 0.25) is 0 Å². The Morgan fingerprint density at radius 2 is 2.45 bits per heavy atom. The summed E-state index contributed by atoms with van der Waals surface area (Å²) in [4.78, 5) is 1.44. The average molecular weight is 168 g/mol. The Morgan fingerprint density at radius 3 is 3.09 bits per heavy atom. The van der Waals surface area contributed by atoms with Crippen LogP contribution >= 0.6 is 11.3 Å². The highest BCUT2D eigenvalue weighted by molar-refractivity contribution is 7.10. The van der Waals surface area contributed by atoms with Crippen molar-refractivity contribution in [2.24, 2.45) is 0 Å². The molecule has 1 fully saturated rings. The monoisotopic (exact) mass is 168 g/mol. The number of piperazine rings is 1. The molecular formula is C8H12N2S. The molecule has 0 spiro atoms. The van der Waals surface area contributed by atoms with Crippen LogP contribution in [0.1, 0.15) is 10.9 Å². The molecule has 60 valence electrons. The molecule has 1 aromatic heterocycles. The summed E-state index contributed by atoms with van der Waals surface area (Å²) >= 11 is 1.83. The van der Waals surface area contributed by atoms with Crippen LogP contribution in [0, 0.1) is 0 Å². The number of thiophene rings is 1. The van der Waals surface area contributed by atoms with Gasteiger partial charge in [-0.05, 0) is 11.4 Å². The number of hydrogen-bond donors (Lipinski definition) is 2. The van der Waals surface area contributed by atoms with Gasteiger partial charge in [0.05, 0.1) is 6.04 Å². The summed E-state index contributed by atoms with van der Waals surface area (Å²) in [6, 6.07) is 4.84. The Kier molecular flexibility index (Phi) is 2.21. The number of nitrogens with one attached hydrogen (secondary N) is 2. The fourth-order valence-electron chi connectivity index (χ4n) is 1.34. The molecule has 0 bridgehead atoms. The van der Waals surface area contributed by atoms with Crippen LogP contribution in [-0.4, -0.2) is 19.6 Å². The van der Waals surface area contributed by atoms with E-state index in [9.17, 15) is 0 Å². The summed E-state index contributed by atoms with van der Waals surface area (Å²) in [5, 5.41) is 8.97. The van der Waals surface area contributed by atoms with E-state index in [0.29, 0.717) is 6.04 Å². The van der Waals surface area contributed by atoms with Crippen molar-refractivity contribution < 1.29 is 0 Å². The molecule has 11 heavy (non-hydrogen) atoms. The highest BCUT2D eigenvalue weighted by Crippen LogP contribution is 2.18. The molecule has 0 amide bonds. The lowest BCUT2D eigenvalue weighted by Gasteiger charge is -2.23. The van der Waals surface area contributed by atoms with E-state index in [1.165, 1.54) is 4.88 Å². The molecule has 0 saturated carbocycles. The lowest BCUT2D eigenvalue weighted by molar-refractivity contribution is 0.435. The largest absolute Gasteiger partial charge is 0.314 e.